The molecule has 0 fully saturated rings. The van der Waals surface area contributed by atoms with Crippen molar-refractivity contribution in [2.45, 2.75) is 6.92 Å². The van der Waals surface area contributed by atoms with Crippen LogP contribution in [0, 0.1) is 6.92 Å². The number of rotatable bonds is 1. The van der Waals surface area contributed by atoms with Crippen LogP contribution in [-0.2, 0) is 4.79 Å². The molecule has 0 unspecified atom stereocenters. The van der Waals surface area contributed by atoms with E-state index in [1.54, 1.807) is 24.3 Å². The second-order valence-corrected chi connectivity index (χ2v) is 3.58. The van der Waals surface area contributed by atoms with E-state index in [2.05, 4.69) is 9.98 Å². The minimum atomic E-state index is 0.551. The topological polar surface area (TPSA) is 42.3 Å². The van der Waals surface area contributed by atoms with Crippen molar-refractivity contribution < 1.29 is 4.79 Å². The third-order valence-corrected chi connectivity index (χ3v) is 2.28. The highest BCUT2D eigenvalue weighted by molar-refractivity contribution is 6.31. The Morgan fingerprint density at radius 1 is 1.40 bits per heavy atom. The number of hydrogen-bond donors (Lipinski definition) is 0. The molecule has 4 heteroatoms. The maximum atomic E-state index is 10.3. The lowest BCUT2D eigenvalue weighted by molar-refractivity contribution is 0.565. The second kappa shape index (κ2) is 3.81. The van der Waals surface area contributed by atoms with E-state index < -0.39 is 0 Å². The van der Waals surface area contributed by atoms with Gasteiger partial charge >= 0.3 is 0 Å². The zero-order valence-electron chi connectivity index (χ0n) is 7.99. The van der Waals surface area contributed by atoms with Crippen LogP contribution in [0.3, 0.4) is 0 Å². The smallest absolute Gasteiger partial charge is 0.240 e. The molecule has 0 aliphatic rings. The maximum absolute atomic E-state index is 10.3. The number of isocyanates is 1. The lowest BCUT2D eigenvalue weighted by Gasteiger charge is -2.02. The van der Waals surface area contributed by atoms with Crippen LogP contribution in [0.15, 0.2) is 29.3 Å². The largest absolute Gasteiger partial charge is 0.253 e. The molecule has 74 valence electrons. The Morgan fingerprint density at radius 2 is 2.20 bits per heavy atom. The molecule has 3 nitrogen and oxygen atoms in total. The molecule has 0 aliphatic carbocycles. The van der Waals surface area contributed by atoms with Crippen molar-refractivity contribution in [3.8, 4) is 0 Å². The monoisotopic (exact) mass is 218 g/mol. The quantitative estimate of drug-likeness (QED) is 0.545. The van der Waals surface area contributed by atoms with Gasteiger partial charge in [-0.1, -0.05) is 11.6 Å². The first kappa shape index (κ1) is 9.84. The molecule has 1 aromatic heterocycles. The third kappa shape index (κ3) is 1.89. The lowest BCUT2D eigenvalue weighted by atomic mass is 10.1. The van der Waals surface area contributed by atoms with Crippen molar-refractivity contribution in [2.24, 2.45) is 4.99 Å². The Labute approximate surface area is 91.4 Å². The second-order valence-electron chi connectivity index (χ2n) is 3.15. The van der Waals surface area contributed by atoms with Gasteiger partial charge in [0, 0.05) is 16.1 Å². The molecular formula is C11H7ClN2O. The van der Waals surface area contributed by atoms with Crippen LogP contribution >= 0.6 is 11.6 Å². The number of aromatic nitrogens is 1. The van der Waals surface area contributed by atoms with E-state index in [4.69, 9.17) is 11.6 Å². The van der Waals surface area contributed by atoms with Crippen molar-refractivity contribution in [1.82, 2.24) is 4.98 Å². The summed E-state index contributed by atoms with van der Waals surface area (Å²) in [6.45, 7) is 1.85. The number of carbonyl (C=O) groups excluding carboxylic acids is 1. The van der Waals surface area contributed by atoms with Crippen molar-refractivity contribution in [2.75, 3.05) is 0 Å². The number of halogens is 1. The highest BCUT2D eigenvalue weighted by Gasteiger charge is 2.03. The van der Waals surface area contributed by atoms with Crippen LogP contribution in [0.4, 0.5) is 5.69 Å². The van der Waals surface area contributed by atoms with Crippen LogP contribution in [0.25, 0.3) is 10.9 Å². The van der Waals surface area contributed by atoms with Crippen molar-refractivity contribution in [1.29, 1.82) is 0 Å². The van der Waals surface area contributed by atoms with Crippen LogP contribution in [0.1, 0.15) is 5.69 Å². The molecule has 0 saturated carbocycles. The Morgan fingerprint density at radius 3 is 2.93 bits per heavy atom. The molecule has 0 amide bonds. The Balaban J connectivity index is 2.87. The number of hydrogen-bond acceptors (Lipinski definition) is 3. The molecule has 1 heterocycles. The molecule has 0 atom stereocenters. The van der Waals surface area contributed by atoms with Gasteiger partial charge in [-0.3, -0.25) is 4.98 Å². The van der Waals surface area contributed by atoms with Crippen LogP contribution in [0.2, 0.25) is 5.02 Å². The summed E-state index contributed by atoms with van der Waals surface area (Å²) >= 11 is 5.86. The van der Waals surface area contributed by atoms with Crippen LogP contribution in [0.5, 0.6) is 0 Å². The van der Waals surface area contributed by atoms with Gasteiger partial charge in [0.05, 0.1) is 11.2 Å². The molecule has 2 aromatic rings. The van der Waals surface area contributed by atoms with E-state index >= 15 is 0 Å². The molecule has 0 radical (unpaired) electrons. The van der Waals surface area contributed by atoms with Crippen LogP contribution < -0.4 is 0 Å². The fraction of sp³-hybridized carbons (Fsp3) is 0.0909. The SMILES string of the molecule is Cc1cc(N=C=O)c2cc(Cl)ccc2n1. The fourth-order valence-corrected chi connectivity index (χ4v) is 1.62. The summed E-state index contributed by atoms with van der Waals surface area (Å²) in [5.74, 6) is 0. The van der Waals surface area contributed by atoms with Gasteiger partial charge in [-0.25, -0.2) is 4.79 Å². The fourth-order valence-electron chi connectivity index (χ4n) is 1.45. The van der Waals surface area contributed by atoms with E-state index in [0.29, 0.717) is 10.7 Å². The number of fused-ring (bicyclic) bond motifs is 1. The van der Waals surface area contributed by atoms with E-state index in [-0.39, 0.29) is 0 Å². The summed E-state index contributed by atoms with van der Waals surface area (Å²) in [6, 6.07) is 7.02. The molecule has 0 saturated heterocycles. The summed E-state index contributed by atoms with van der Waals surface area (Å²) in [4.78, 5) is 18.2. The van der Waals surface area contributed by atoms with Crippen molar-refractivity contribution >= 4 is 34.3 Å². The first-order valence-corrected chi connectivity index (χ1v) is 4.73. The number of aliphatic imine (C=N–C) groups is 1. The Bertz CT molecular complexity index is 574. The van der Waals surface area contributed by atoms with Crippen LogP contribution in [-0.4, -0.2) is 11.1 Å². The number of aryl methyl sites for hydroxylation is 1. The average Bonchev–Trinajstić information content (AvgIpc) is 2.19. The summed E-state index contributed by atoms with van der Waals surface area (Å²) in [5, 5.41) is 1.35. The van der Waals surface area contributed by atoms with E-state index in [0.717, 1.165) is 16.6 Å². The molecule has 0 spiro atoms. The summed E-state index contributed by atoms with van der Waals surface area (Å²) in [5.41, 5.74) is 2.13. The molecule has 0 aliphatic heterocycles. The molecular weight excluding hydrogens is 212 g/mol. The Hall–Kier alpha value is -1.70. The van der Waals surface area contributed by atoms with Gasteiger partial charge in [0.25, 0.3) is 0 Å². The zero-order chi connectivity index (χ0) is 10.8. The van der Waals surface area contributed by atoms with Crippen molar-refractivity contribution in [3.63, 3.8) is 0 Å². The predicted molar refractivity (Wildman–Crippen MR) is 59.3 cm³/mol. The van der Waals surface area contributed by atoms with Gasteiger partial charge in [-0.05, 0) is 31.2 Å². The first-order valence-electron chi connectivity index (χ1n) is 4.35. The first-order chi connectivity index (χ1) is 7.20. The summed E-state index contributed by atoms with van der Waals surface area (Å²) in [6.07, 6.45) is 1.53. The van der Waals surface area contributed by atoms with E-state index in [1.807, 2.05) is 6.92 Å². The van der Waals surface area contributed by atoms with Gasteiger partial charge < -0.3 is 0 Å². The lowest BCUT2D eigenvalue weighted by Crippen LogP contribution is -1.84. The highest BCUT2D eigenvalue weighted by atomic mass is 35.5. The summed E-state index contributed by atoms with van der Waals surface area (Å²) in [7, 11) is 0. The standard InChI is InChI=1S/C11H7ClN2O/c1-7-4-11(13-6-15)9-5-8(12)2-3-10(9)14-7/h2-5H,1H3. The van der Waals surface area contributed by atoms with Gasteiger partial charge in [-0.15, -0.1) is 0 Å². The molecule has 1 aromatic carbocycles. The van der Waals surface area contributed by atoms with Gasteiger partial charge in [0.2, 0.25) is 6.08 Å². The average molecular weight is 219 g/mol. The number of pyridine rings is 1. The third-order valence-electron chi connectivity index (χ3n) is 2.04. The zero-order valence-corrected chi connectivity index (χ0v) is 8.75. The molecule has 0 bridgehead atoms. The highest BCUT2D eigenvalue weighted by Crippen LogP contribution is 2.27. The number of benzene rings is 1. The molecule has 2 rings (SSSR count). The van der Waals surface area contributed by atoms with E-state index in [9.17, 15) is 4.79 Å². The number of nitrogens with zero attached hydrogens (tertiary/aromatic N) is 2. The predicted octanol–water partition coefficient (Wildman–Crippen LogP) is 3.16. The minimum absolute atomic E-state index is 0.551. The van der Waals surface area contributed by atoms with Gasteiger partial charge in [-0.2, -0.15) is 4.99 Å². The minimum Gasteiger partial charge on any atom is -0.253 e. The summed E-state index contributed by atoms with van der Waals surface area (Å²) < 4.78 is 0. The Kier molecular flexibility index (Phi) is 2.50. The van der Waals surface area contributed by atoms with E-state index in [1.165, 1.54) is 6.08 Å². The van der Waals surface area contributed by atoms with Crippen molar-refractivity contribution in [3.05, 3.63) is 35.0 Å². The normalized spacial score (nSPS) is 10.0. The molecule has 15 heavy (non-hydrogen) atoms. The molecule has 0 N–H and O–H groups in total. The maximum Gasteiger partial charge on any atom is 0.240 e. The van der Waals surface area contributed by atoms with Gasteiger partial charge in [0.1, 0.15) is 0 Å². The van der Waals surface area contributed by atoms with Gasteiger partial charge in [0.15, 0.2) is 0 Å².